The van der Waals surface area contributed by atoms with Crippen LogP contribution in [0.5, 0.6) is 0 Å². The van der Waals surface area contributed by atoms with Crippen LogP contribution in [0.25, 0.3) is 0 Å². The Morgan fingerprint density at radius 2 is 1.80 bits per heavy atom. The number of amides is 1. The van der Waals surface area contributed by atoms with Gasteiger partial charge in [-0.15, -0.1) is 0 Å². The fourth-order valence-electron chi connectivity index (χ4n) is 1.36. The summed E-state index contributed by atoms with van der Waals surface area (Å²) in [6.45, 7) is 4.05. The zero-order valence-electron chi connectivity index (χ0n) is 9.09. The minimum absolute atomic E-state index is 0.135. The predicted octanol–water partition coefficient (Wildman–Crippen LogP) is 2.74. The van der Waals surface area contributed by atoms with Gasteiger partial charge in [0.25, 0.3) is 5.91 Å². The molecule has 2 nitrogen and oxygen atoms in total. The molecule has 0 aliphatic heterocycles. The number of benzene rings is 1. The van der Waals surface area contributed by atoms with Gasteiger partial charge in [0.2, 0.25) is 0 Å². The highest BCUT2D eigenvalue weighted by atomic mass is 19.1. The van der Waals surface area contributed by atoms with Gasteiger partial charge < -0.3 is 5.32 Å². The standard InChI is InChI=1S/C12H16FNO/c1-3-11(4-2)14-12(15)9-5-7-10(13)8-6-9/h5-8,11H,3-4H2,1-2H3,(H,14,15). The third kappa shape index (κ3) is 3.35. The summed E-state index contributed by atoms with van der Waals surface area (Å²) in [6.07, 6.45) is 1.81. The molecule has 1 aromatic rings. The Morgan fingerprint density at radius 1 is 1.27 bits per heavy atom. The quantitative estimate of drug-likeness (QED) is 0.811. The third-order valence-electron chi connectivity index (χ3n) is 2.43. The minimum Gasteiger partial charge on any atom is -0.349 e. The van der Waals surface area contributed by atoms with Gasteiger partial charge in [0.15, 0.2) is 0 Å². The second kappa shape index (κ2) is 5.49. The lowest BCUT2D eigenvalue weighted by atomic mass is 10.1. The van der Waals surface area contributed by atoms with Crippen LogP contribution in [0.1, 0.15) is 37.0 Å². The lowest BCUT2D eigenvalue weighted by molar-refractivity contribution is 0.0935. The Kier molecular flexibility index (Phi) is 4.28. The smallest absolute Gasteiger partial charge is 0.251 e. The molecule has 3 heteroatoms. The van der Waals surface area contributed by atoms with Gasteiger partial charge in [0, 0.05) is 11.6 Å². The molecule has 0 unspecified atom stereocenters. The average Bonchev–Trinajstić information content (AvgIpc) is 2.26. The van der Waals surface area contributed by atoms with Crippen molar-refractivity contribution in [3.63, 3.8) is 0 Å². The number of hydrogen-bond donors (Lipinski definition) is 1. The molecule has 0 atom stereocenters. The van der Waals surface area contributed by atoms with E-state index in [0.29, 0.717) is 5.56 Å². The van der Waals surface area contributed by atoms with Gasteiger partial charge in [-0.1, -0.05) is 13.8 Å². The van der Waals surface area contributed by atoms with Gasteiger partial charge in [-0.3, -0.25) is 4.79 Å². The van der Waals surface area contributed by atoms with Crippen molar-refractivity contribution < 1.29 is 9.18 Å². The molecule has 0 heterocycles. The number of hydrogen-bond acceptors (Lipinski definition) is 1. The Labute approximate surface area is 89.5 Å². The third-order valence-corrected chi connectivity index (χ3v) is 2.43. The fourth-order valence-corrected chi connectivity index (χ4v) is 1.36. The van der Waals surface area contributed by atoms with E-state index in [9.17, 15) is 9.18 Å². The molecule has 0 spiro atoms. The van der Waals surface area contributed by atoms with Crippen LogP contribution in [-0.2, 0) is 0 Å². The van der Waals surface area contributed by atoms with Crippen molar-refractivity contribution in [1.82, 2.24) is 5.32 Å². The molecule has 1 N–H and O–H groups in total. The monoisotopic (exact) mass is 209 g/mol. The zero-order chi connectivity index (χ0) is 11.3. The lowest BCUT2D eigenvalue weighted by Crippen LogP contribution is -2.33. The molecule has 0 saturated carbocycles. The van der Waals surface area contributed by atoms with Gasteiger partial charge in [0.05, 0.1) is 0 Å². The fraction of sp³-hybridized carbons (Fsp3) is 0.417. The summed E-state index contributed by atoms with van der Waals surface area (Å²) in [6, 6.07) is 5.77. The van der Waals surface area contributed by atoms with Crippen LogP contribution in [-0.4, -0.2) is 11.9 Å². The molecule has 1 aromatic carbocycles. The molecule has 82 valence electrons. The van der Waals surface area contributed by atoms with Gasteiger partial charge in [0.1, 0.15) is 5.82 Å². The topological polar surface area (TPSA) is 29.1 Å². The van der Waals surface area contributed by atoms with Crippen molar-refractivity contribution in [3.05, 3.63) is 35.6 Å². The van der Waals surface area contributed by atoms with Crippen molar-refractivity contribution >= 4 is 5.91 Å². The molecular weight excluding hydrogens is 193 g/mol. The first-order valence-electron chi connectivity index (χ1n) is 5.23. The van der Waals surface area contributed by atoms with E-state index in [-0.39, 0.29) is 17.8 Å². The van der Waals surface area contributed by atoms with Crippen molar-refractivity contribution in [1.29, 1.82) is 0 Å². The summed E-state index contributed by atoms with van der Waals surface area (Å²) >= 11 is 0. The molecule has 15 heavy (non-hydrogen) atoms. The van der Waals surface area contributed by atoms with E-state index in [0.717, 1.165) is 12.8 Å². The second-order valence-electron chi connectivity index (χ2n) is 3.49. The first-order valence-corrected chi connectivity index (χ1v) is 5.23. The summed E-state index contributed by atoms with van der Waals surface area (Å²) in [7, 11) is 0. The summed E-state index contributed by atoms with van der Waals surface area (Å²) in [4.78, 5) is 11.7. The van der Waals surface area contributed by atoms with Gasteiger partial charge in [-0.2, -0.15) is 0 Å². The van der Waals surface area contributed by atoms with Crippen molar-refractivity contribution in [2.24, 2.45) is 0 Å². The van der Waals surface area contributed by atoms with E-state index in [1.165, 1.54) is 24.3 Å². The van der Waals surface area contributed by atoms with Crippen LogP contribution >= 0.6 is 0 Å². The van der Waals surface area contributed by atoms with E-state index in [4.69, 9.17) is 0 Å². The number of halogens is 1. The maximum Gasteiger partial charge on any atom is 0.251 e. The van der Waals surface area contributed by atoms with Gasteiger partial charge in [-0.25, -0.2) is 4.39 Å². The van der Waals surface area contributed by atoms with E-state index >= 15 is 0 Å². The van der Waals surface area contributed by atoms with E-state index in [1.807, 2.05) is 13.8 Å². The minimum atomic E-state index is -0.325. The van der Waals surface area contributed by atoms with Crippen LogP contribution in [0.3, 0.4) is 0 Å². The van der Waals surface area contributed by atoms with Crippen LogP contribution in [0, 0.1) is 5.82 Å². The second-order valence-corrected chi connectivity index (χ2v) is 3.49. The average molecular weight is 209 g/mol. The molecule has 0 saturated heterocycles. The maximum atomic E-state index is 12.6. The van der Waals surface area contributed by atoms with Crippen molar-refractivity contribution in [3.8, 4) is 0 Å². The molecular formula is C12H16FNO. The molecule has 1 amide bonds. The van der Waals surface area contributed by atoms with Crippen molar-refractivity contribution in [2.75, 3.05) is 0 Å². The lowest BCUT2D eigenvalue weighted by Gasteiger charge is -2.14. The predicted molar refractivity (Wildman–Crippen MR) is 58.2 cm³/mol. The molecule has 0 aliphatic carbocycles. The molecule has 0 bridgehead atoms. The summed E-state index contributed by atoms with van der Waals surface area (Å²) in [5.74, 6) is -0.460. The SMILES string of the molecule is CCC(CC)NC(=O)c1ccc(F)cc1. The van der Waals surface area contributed by atoms with Gasteiger partial charge >= 0.3 is 0 Å². The number of carbonyl (C=O) groups excluding carboxylic acids is 1. The number of nitrogens with one attached hydrogen (secondary N) is 1. The maximum absolute atomic E-state index is 12.6. The van der Waals surface area contributed by atoms with E-state index in [2.05, 4.69) is 5.32 Å². The highest BCUT2D eigenvalue weighted by Gasteiger charge is 2.09. The van der Waals surface area contributed by atoms with Crippen LogP contribution in [0.4, 0.5) is 4.39 Å². The molecule has 0 fully saturated rings. The van der Waals surface area contributed by atoms with E-state index < -0.39 is 0 Å². The first kappa shape index (κ1) is 11.7. The Morgan fingerprint density at radius 3 is 2.27 bits per heavy atom. The first-order chi connectivity index (χ1) is 7.17. The highest BCUT2D eigenvalue weighted by Crippen LogP contribution is 2.04. The largest absolute Gasteiger partial charge is 0.349 e. The molecule has 0 aromatic heterocycles. The normalized spacial score (nSPS) is 10.4. The van der Waals surface area contributed by atoms with Gasteiger partial charge in [-0.05, 0) is 37.1 Å². The van der Waals surface area contributed by atoms with Crippen LogP contribution in [0.2, 0.25) is 0 Å². The molecule has 0 radical (unpaired) electrons. The zero-order valence-corrected chi connectivity index (χ0v) is 9.09. The van der Waals surface area contributed by atoms with Crippen LogP contribution in [0.15, 0.2) is 24.3 Å². The molecule has 1 rings (SSSR count). The van der Waals surface area contributed by atoms with E-state index in [1.54, 1.807) is 0 Å². The highest BCUT2D eigenvalue weighted by molar-refractivity contribution is 5.94. The summed E-state index contributed by atoms with van der Waals surface area (Å²) in [5.41, 5.74) is 0.503. The molecule has 0 aliphatic rings. The Balaban J connectivity index is 2.64. The van der Waals surface area contributed by atoms with Crippen molar-refractivity contribution in [2.45, 2.75) is 32.7 Å². The number of carbonyl (C=O) groups is 1. The Bertz CT molecular complexity index is 317. The Hall–Kier alpha value is -1.38. The van der Waals surface area contributed by atoms with Crippen LogP contribution < -0.4 is 5.32 Å². The number of rotatable bonds is 4. The summed E-state index contributed by atoms with van der Waals surface area (Å²) in [5, 5.41) is 2.89. The summed E-state index contributed by atoms with van der Waals surface area (Å²) < 4.78 is 12.6.